The first-order valence-electron chi connectivity index (χ1n) is 11.0. The van der Waals surface area contributed by atoms with Crippen molar-refractivity contribution in [3.63, 3.8) is 0 Å². The van der Waals surface area contributed by atoms with Gasteiger partial charge in [0, 0.05) is 37.3 Å². The van der Waals surface area contributed by atoms with Crippen LogP contribution in [0.3, 0.4) is 0 Å². The Morgan fingerprint density at radius 3 is 2.61 bits per heavy atom. The Morgan fingerprint density at radius 1 is 1.32 bits per heavy atom. The second-order valence-electron chi connectivity index (χ2n) is 8.66. The van der Waals surface area contributed by atoms with Gasteiger partial charge in [-0.3, -0.25) is 4.79 Å². The summed E-state index contributed by atoms with van der Waals surface area (Å²) in [6, 6.07) is 2.09. The molecule has 1 heterocycles. The summed E-state index contributed by atoms with van der Waals surface area (Å²) in [5.74, 6) is 1.95. The van der Waals surface area contributed by atoms with Crippen molar-refractivity contribution < 1.29 is 9.63 Å². The van der Waals surface area contributed by atoms with Crippen molar-refractivity contribution in [3.05, 3.63) is 54.8 Å². The number of carbonyl (C=O) groups excluding carboxylic acids is 1. The van der Waals surface area contributed by atoms with Gasteiger partial charge in [0.05, 0.1) is 5.54 Å². The maximum atomic E-state index is 11.7. The first kappa shape index (κ1) is 22.8. The van der Waals surface area contributed by atoms with Crippen molar-refractivity contribution in [2.45, 2.75) is 64.5 Å². The zero-order chi connectivity index (χ0) is 22.3. The molecular formula is C23H34N6O2. The first-order chi connectivity index (χ1) is 14.9. The molecule has 2 atom stereocenters. The zero-order valence-corrected chi connectivity index (χ0v) is 18.6. The van der Waals surface area contributed by atoms with E-state index in [9.17, 15) is 4.79 Å². The van der Waals surface area contributed by atoms with E-state index < -0.39 is 5.54 Å². The number of aromatic nitrogens is 2. The van der Waals surface area contributed by atoms with Crippen LogP contribution in [-0.2, 0) is 9.63 Å². The fourth-order valence-corrected chi connectivity index (χ4v) is 4.13. The molecule has 0 aliphatic heterocycles. The third-order valence-corrected chi connectivity index (χ3v) is 5.84. The molecule has 168 valence electrons. The molecule has 2 bridgehead atoms. The van der Waals surface area contributed by atoms with Gasteiger partial charge in [0.15, 0.2) is 5.84 Å². The van der Waals surface area contributed by atoms with Crippen molar-refractivity contribution in [3.8, 4) is 0 Å². The highest BCUT2D eigenvalue weighted by Crippen LogP contribution is 2.38. The first-order valence-corrected chi connectivity index (χ1v) is 11.0. The van der Waals surface area contributed by atoms with Crippen LogP contribution in [0.1, 0.15) is 52.9 Å². The second-order valence-corrected chi connectivity index (χ2v) is 8.66. The van der Waals surface area contributed by atoms with Gasteiger partial charge in [0.25, 0.3) is 0 Å². The maximum absolute atomic E-state index is 11.7. The number of nitrogens with one attached hydrogen (secondary N) is 2. The number of fused-ring (bicyclic) bond motifs is 2. The van der Waals surface area contributed by atoms with Crippen LogP contribution < -0.4 is 16.5 Å². The highest BCUT2D eigenvalue weighted by molar-refractivity contribution is 5.97. The van der Waals surface area contributed by atoms with Crippen LogP contribution in [0.4, 0.5) is 0 Å². The molecule has 1 saturated carbocycles. The minimum absolute atomic E-state index is 0.0199. The number of hydroxylamine groups is 1. The van der Waals surface area contributed by atoms with Gasteiger partial charge in [-0.25, -0.2) is 9.67 Å². The number of nitrogens with two attached hydrogens (primary N) is 1. The van der Waals surface area contributed by atoms with Crippen LogP contribution in [0.25, 0.3) is 0 Å². The van der Waals surface area contributed by atoms with Crippen molar-refractivity contribution in [2.75, 3.05) is 0 Å². The molecule has 31 heavy (non-hydrogen) atoms. The predicted molar refractivity (Wildman–Crippen MR) is 122 cm³/mol. The third kappa shape index (κ3) is 6.07. The second kappa shape index (κ2) is 10.4. The summed E-state index contributed by atoms with van der Waals surface area (Å²) in [5.41, 5.74) is 8.64. The van der Waals surface area contributed by atoms with Crippen molar-refractivity contribution in [1.82, 2.24) is 20.6 Å². The van der Waals surface area contributed by atoms with E-state index in [0.29, 0.717) is 29.9 Å². The topological polar surface area (TPSA) is 107 Å². The molecule has 3 rings (SSSR count). The minimum atomic E-state index is -0.538. The Balaban J connectivity index is 1.74. The molecular weight excluding hydrogens is 392 g/mol. The van der Waals surface area contributed by atoms with Crippen LogP contribution in [0.5, 0.6) is 0 Å². The lowest BCUT2D eigenvalue weighted by molar-refractivity contribution is -0.121. The van der Waals surface area contributed by atoms with Gasteiger partial charge in [-0.1, -0.05) is 19.1 Å². The summed E-state index contributed by atoms with van der Waals surface area (Å²) in [5, 5.41) is 7.22. The van der Waals surface area contributed by atoms with Crippen molar-refractivity contribution >= 4 is 11.7 Å². The van der Waals surface area contributed by atoms with E-state index >= 15 is 0 Å². The fourth-order valence-electron chi connectivity index (χ4n) is 4.13. The van der Waals surface area contributed by atoms with E-state index in [1.54, 1.807) is 23.3 Å². The van der Waals surface area contributed by atoms with Gasteiger partial charge in [0.1, 0.15) is 0 Å². The van der Waals surface area contributed by atoms with Gasteiger partial charge in [0.2, 0.25) is 11.7 Å². The minimum Gasteiger partial charge on any atom is -0.403 e. The van der Waals surface area contributed by atoms with Gasteiger partial charge >= 0.3 is 0 Å². The summed E-state index contributed by atoms with van der Waals surface area (Å²) in [6.45, 7) is 5.64. The average molecular weight is 427 g/mol. The molecule has 1 aromatic rings. The number of rotatable bonds is 8. The monoisotopic (exact) mass is 426 g/mol. The van der Waals surface area contributed by atoms with Crippen LogP contribution in [0.2, 0.25) is 0 Å². The molecule has 1 fully saturated rings. The molecule has 2 aliphatic rings. The molecule has 0 aromatic carbocycles. The lowest BCUT2D eigenvalue weighted by Gasteiger charge is -2.24. The van der Waals surface area contributed by atoms with Gasteiger partial charge < -0.3 is 15.9 Å². The van der Waals surface area contributed by atoms with E-state index in [-0.39, 0.29) is 11.9 Å². The molecule has 0 saturated heterocycles. The number of aliphatic imine (C=N–C) groups is 1. The number of hydrogen-bond donors (Lipinski definition) is 3. The highest BCUT2D eigenvalue weighted by Gasteiger charge is 2.36. The molecule has 8 heteroatoms. The quantitative estimate of drug-likeness (QED) is 0.195. The van der Waals surface area contributed by atoms with E-state index in [2.05, 4.69) is 33.0 Å². The van der Waals surface area contributed by atoms with E-state index in [4.69, 9.17) is 10.6 Å². The lowest BCUT2D eigenvalue weighted by Crippen LogP contribution is -2.41. The molecule has 1 amide bonds. The fraction of sp³-hybridized carbons (Fsp3) is 0.522. The number of amides is 1. The molecule has 4 N–H and O–H groups in total. The largest absolute Gasteiger partial charge is 0.403 e. The Kier molecular flexibility index (Phi) is 7.68. The normalized spacial score (nSPS) is 24.4. The van der Waals surface area contributed by atoms with Crippen LogP contribution in [0, 0.1) is 11.8 Å². The molecule has 2 aliphatic carbocycles. The Bertz CT molecular complexity index is 837. The summed E-state index contributed by atoms with van der Waals surface area (Å²) in [6.07, 6.45) is 17.8. The number of hydrogen-bond acceptors (Lipinski definition) is 6. The van der Waals surface area contributed by atoms with Crippen LogP contribution in [0.15, 0.2) is 59.8 Å². The summed E-state index contributed by atoms with van der Waals surface area (Å²) >= 11 is 0. The van der Waals surface area contributed by atoms with Gasteiger partial charge in [-0.05, 0) is 63.5 Å². The maximum Gasteiger partial charge on any atom is 0.220 e. The standard InChI is InChI=1S/C23H34N6O2/c1-4-20(30)27-23(2,3)12-14-25-22(29-15-7-13-26-29)19(16-24)31-28-21-17-8-5-6-9-18(21)11-10-17/h5-7,12-18,21,28H,4,8-11,24H2,1-3H3,(H,27,30)/b14-12+,19-16+,25-22-. The number of nitrogens with zero attached hydrogens (tertiary/aromatic N) is 3. The lowest BCUT2D eigenvalue weighted by atomic mass is 9.97. The summed E-state index contributed by atoms with van der Waals surface area (Å²) in [7, 11) is 0. The average Bonchev–Trinajstić information content (AvgIpc) is 3.33. The summed E-state index contributed by atoms with van der Waals surface area (Å²) in [4.78, 5) is 22.3. The van der Waals surface area contributed by atoms with E-state index in [1.807, 2.05) is 32.9 Å². The number of carbonyl (C=O) groups is 1. The molecule has 0 spiro atoms. The predicted octanol–water partition coefficient (Wildman–Crippen LogP) is 3.01. The van der Waals surface area contributed by atoms with Crippen LogP contribution in [-0.4, -0.2) is 33.1 Å². The Morgan fingerprint density at radius 2 is 2.03 bits per heavy atom. The SMILES string of the molecule is CCC(=O)NC(C)(C)/C=C/N=C(/C(=C\N)ONC1C2CC=CCC1CC2)n1cccn1. The number of allylic oxidation sites excluding steroid dienone is 3. The van der Waals surface area contributed by atoms with Crippen molar-refractivity contribution in [2.24, 2.45) is 22.6 Å². The molecule has 8 nitrogen and oxygen atoms in total. The van der Waals surface area contributed by atoms with E-state index in [0.717, 1.165) is 12.8 Å². The molecule has 2 unspecified atom stereocenters. The smallest absolute Gasteiger partial charge is 0.220 e. The van der Waals surface area contributed by atoms with Gasteiger partial charge in [-0.15, -0.1) is 0 Å². The van der Waals surface area contributed by atoms with Gasteiger partial charge in [-0.2, -0.15) is 10.6 Å². The van der Waals surface area contributed by atoms with Crippen molar-refractivity contribution in [1.29, 1.82) is 0 Å². The van der Waals surface area contributed by atoms with E-state index in [1.165, 1.54) is 19.0 Å². The molecule has 1 aromatic heterocycles. The Hall–Kier alpha value is -2.87. The molecule has 0 radical (unpaired) electrons. The Labute approximate surface area is 184 Å². The summed E-state index contributed by atoms with van der Waals surface area (Å²) < 4.78 is 1.60. The van der Waals surface area contributed by atoms with Crippen LogP contribution >= 0.6 is 0 Å². The third-order valence-electron chi connectivity index (χ3n) is 5.84. The zero-order valence-electron chi connectivity index (χ0n) is 18.6. The highest BCUT2D eigenvalue weighted by atomic mass is 16.7.